The van der Waals surface area contributed by atoms with Gasteiger partial charge in [0.2, 0.25) is 0 Å². The van der Waals surface area contributed by atoms with Crippen molar-refractivity contribution in [3.8, 4) is 0 Å². The lowest BCUT2D eigenvalue weighted by atomic mass is 9.96. The van der Waals surface area contributed by atoms with E-state index in [1.807, 2.05) is 19.1 Å². The second-order valence-electron chi connectivity index (χ2n) is 4.93. The molecule has 1 aliphatic rings. The summed E-state index contributed by atoms with van der Waals surface area (Å²) in [6, 6.07) is 3.76. The Kier molecular flexibility index (Phi) is 3.11. The third-order valence-electron chi connectivity index (χ3n) is 3.49. The molecule has 0 atom stereocenters. The quantitative estimate of drug-likeness (QED) is 0.887. The number of fused-ring (bicyclic) bond motifs is 1. The van der Waals surface area contributed by atoms with E-state index in [4.69, 9.17) is 4.42 Å². The summed E-state index contributed by atoms with van der Waals surface area (Å²) >= 11 is 0. The highest BCUT2D eigenvalue weighted by Gasteiger charge is 2.21. The van der Waals surface area contributed by atoms with Gasteiger partial charge in [-0.3, -0.25) is 9.89 Å². The number of aromatic nitrogens is 2. The third-order valence-corrected chi connectivity index (χ3v) is 3.49. The average molecular weight is 259 g/mol. The Bertz CT molecular complexity index is 598. The molecule has 5 heteroatoms. The van der Waals surface area contributed by atoms with E-state index < -0.39 is 0 Å². The van der Waals surface area contributed by atoms with Gasteiger partial charge < -0.3 is 9.73 Å². The molecule has 2 N–H and O–H groups in total. The van der Waals surface area contributed by atoms with E-state index >= 15 is 0 Å². The average Bonchev–Trinajstić information content (AvgIpc) is 3.02. The fourth-order valence-corrected chi connectivity index (χ4v) is 2.50. The molecule has 0 aromatic carbocycles. The fourth-order valence-electron chi connectivity index (χ4n) is 2.50. The topological polar surface area (TPSA) is 70.9 Å². The Morgan fingerprint density at radius 1 is 1.42 bits per heavy atom. The molecule has 19 heavy (non-hydrogen) atoms. The Labute approximate surface area is 111 Å². The van der Waals surface area contributed by atoms with Crippen molar-refractivity contribution in [2.75, 3.05) is 0 Å². The molecular formula is C14H17N3O2. The number of carbonyl (C=O) groups is 1. The van der Waals surface area contributed by atoms with E-state index in [0.717, 1.165) is 42.0 Å². The van der Waals surface area contributed by atoms with E-state index in [1.54, 1.807) is 0 Å². The Morgan fingerprint density at radius 3 is 3.05 bits per heavy atom. The molecule has 1 amide bonds. The molecule has 3 rings (SSSR count). The number of aryl methyl sites for hydroxylation is 2. The van der Waals surface area contributed by atoms with Crippen molar-refractivity contribution in [3.63, 3.8) is 0 Å². The zero-order valence-electron chi connectivity index (χ0n) is 11.0. The molecule has 0 saturated heterocycles. The van der Waals surface area contributed by atoms with Crippen molar-refractivity contribution in [3.05, 3.63) is 40.6 Å². The molecule has 2 heterocycles. The van der Waals surface area contributed by atoms with Crippen LogP contribution in [0, 0.1) is 6.92 Å². The molecule has 0 spiro atoms. The summed E-state index contributed by atoms with van der Waals surface area (Å²) in [5.74, 6) is 1.48. The minimum absolute atomic E-state index is 0.131. The lowest BCUT2D eigenvalue weighted by molar-refractivity contribution is 0.0942. The van der Waals surface area contributed by atoms with Gasteiger partial charge in [-0.05, 0) is 44.7 Å². The number of carbonyl (C=O) groups excluding carboxylic acids is 1. The third kappa shape index (κ3) is 2.41. The minimum atomic E-state index is -0.131. The minimum Gasteiger partial charge on any atom is -0.465 e. The van der Waals surface area contributed by atoms with Crippen LogP contribution in [0.5, 0.6) is 0 Å². The van der Waals surface area contributed by atoms with Gasteiger partial charge in [0.25, 0.3) is 5.91 Å². The number of rotatable bonds is 3. The zero-order valence-corrected chi connectivity index (χ0v) is 11.0. The summed E-state index contributed by atoms with van der Waals surface area (Å²) in [5, 5.41) is 9.97. The normalized spacial score (nSPS) is 14.2. The highest BCUT2D eigenvalue weighted by Crippen LogP contribution is 2.22. The van der Waals surface area contributed by atoms with Crippen LogP contribution in [0.3, 0.4) is 0 Å². The van der Waals surface area contributed by atoms with E-state index in [1.165, 1.54) is 6.42 Å². The molecule has 1 aliphatic carbocycles. The predicted octanol–water partition coefficient (Wildman–Crippen LogP) is 2.12. The Morgan fingerprint density at radius 2 is 2.26 bits per heavy atom. The van der Waals surface area contributed by atoms with Crippen molar-refractivity contribution in [2.45, 2.75) is 39.2 Å². The summed E-state index contributed by atoms with van der Waals surface area (Å²) < 4.78 is 5.42. The summed E-state index contributed by atoms with van der Waals surface area (Å²) in [4.78, 5) is 12.1. The van der Waals surface area contributed by atoms with Crippen LogP contribution in [0.1, 0.15) is 46.1 Å². The molecular weight excluding hydrogens is 242 g/mol. The summed E-state index contributed by atoms with van der Waals surface area (Å²) in [5.41, 5.74) is 2.74. The van der Waals surface area contributed by atoms with Gasteiger partial charge in [0.1, 0.15) is 11.5 Å². The van der Waals surface area contributed by atoms with Crippen molar-refractivity contribution in [1.29, 1.82) is 0 Å². The van der Waals surface area contributed by atoms with Crippen LogP contribution in [0.25, 0.3) is 0 Å². The first-order chi connectivity index (χ1) is 9.24. The first kappa shape index (κ1) is 12.0. The first-order valence-corrected chi connectivity index (χ1v) is 6.63. The van der Waals surface area contributed by atoms with Gasteiger partial charge in [-0.2, -0.15) is 5.10 Å². The Balaban J connectivity index is 1.69. The van der Waals surface area contributed by atoms with Gasteiger partial charge in [-0.1, -0.05) is 0 Å². The molecule has 0 radical (unpaired) electrons. The van der Waals surface area contributed by atoms with Gasteiger partial charge >= 0.3 is 0 Å². The van der Waals surface area contributed by atoms with Gasteiger partial charge in [-0.25, -0.2) is 0 Å². The molecule has 0 aliphatic heterocycles. The SMILES string of the molecule is Cc1ccc(CNC(=O)c2n[nH]c3c2CCCC3)o1. The lowest BCUT2D eigenvalue weighted by Gasteiger charge is -2.10. The molecule has 0 bridgehead atoms. The summed E-state index contributed by atoms with van der Waals surface area (Å²) in [7, 11) is 0. The van der Waals surface area contributed by atoms with Gasteiger partial charge in [0.05, 0.1) is 6.54 Å². The number of hydrogen-bond donors (Lipinski definition) is 2. The molecule has 100 valence electrons. The summed E-state index contributed by atoms with van der Waals surface area (Å²) in [6.45, 7) is 2.28. The maximum absolute atomic E-state index is 12.1. The maximum atomic E-state index is 12.1. The first-order valence-electron chi connectivity index (χ1n) is 6.63. The lowest BCUT2D eigenvalue weighted by Crippen LogP contribution is -2.24. The van der Waals surface area contributed by atoms with E-state index in [2.05, 4.69) is 15.5 Å². The molecule has 0 fully saturated rings. The monoisotopic (exact) mass is 259 g/mol. The molecule has 0 unspecified atom stereocenters. The van der Waals surface area contributed by atoms with Crippen LogP contribution in [0.15, 0.2) is 16.5 Å². The van der Waals surface area contributed by atoms with Gasteiger partial charge in [0.15, 0.2) is 5.69 Å². The van der Waals surface area contributed by atoms with Crippen molar-refractivity contribution in [2.24, 2.45) is 0 Å². The number of furan rings is 1. The van der Waals surface area contributed by atoms with Crippen LogP contribution in [-0.2, 0) is 19.4 Å². The van der Waals surface area contributed by atoms with E-state index in [9.17, 15) is 4.79 Å². The molecule has 5 nitrogen and oxygen atoms in total. The predicted molar refractivity (Wildman–Crippen MR) is 69.8 cm³/mol. The molecule has 0 saturated carbocycles. The largest absolute Gasteiger partial charge is 0.465 e. The smallest absolute Gasteiger partial charge is 0.272 e. The van der Waals surface area contributed by atoms with Gasteiger partial charge in [0, 0.05) is 11.3 Å². The zero-order chi connectivity index (χ0) is 13.2. The molecule has 2 aromatic heterocycles. The van der Waals surface area contributed by atoms with Crippen molar-refractivity contribution >= 4 is 5.91 Å². The number of H-pyrrole nitrogens is 1. The van der Waals surface area contributed by atoms with Crippen molar-refractivity contribution < 1.29 is 9.21 Å². The number of nitrogens with one attached hydrogen (secondary N) is 2. The fraction of sp³-hybridized carbons (Fsp3) is 0.429. The Hall–Kier alpha value is -2.04. The number of aromatic amines is 1. The second-order valence-corrected chi connectivity index (χ2v) is 4.93. The maximum Gasteiger partial charge on any atom is 0.272 e. The van der Waals surface area contributed by atoms with Crippen LogP contribution in [0.2, 0.25) is 0 Å². The standard InChI is InChI=1S/C14H17N3O2/c1-9-6-7-10(19-9)8-15-14(18)13-11-4-2-3-5-12(11)16-17-13/h6-7H,2-5,8H2,1H3,(H,15,18)(H,16,17). The van der Waals surface area contributed by atoms with Crippen LogP contribution >= 0.6 is 0 Å². The van der Waals surface area contributed by atoms with E-state index in [0.29, 0.717) is 12.2 Å². The highest BCUT2D eigenvalue weighted by atomic mass is 16.3. The van der Waals surface area contributed by atoms with Crippen LogP contribution < -0.4 is 5.32 Å². The number of amides is 1. The molecule has 2 aromatic rings. The van der Waals surface area contributed by atoms with Crippen LogP contribution in [0.4, 0.5) is 0 Å². The van der Waals surface area contributed by atoms with Crippen molar-refractivity contribution in [1.82, 2.24) is 15.5 Å². The second kappa shape index (κ2) is 4.91. The highest BCUT2D eigenvalue weighted by molar-refractivity contribution is 5.93. The van der Waals surface area contributed by atoms with E-state index in [-0.39, 0.29) is 5.91 Å². The number of hydrogen-bond acceptors (Lipinski definition) is 3. The number of nitrogens with zero attached hydrogens (tertiary/aromatic N) is 1. The van der Waals surface area contributed by atoms with Crippen LogP contribution in [-0.4, -0.2) is 16.1 Å². The summed E-state index contributed by atoms with van der Waals surface area (Å²) in [6.07, 6.45) is 4.23. The van der Waals surface area contributed by atoms with Gasteiger partial charge in [-0.15, -0.1) is 0 Å².